The smallest absolute Gasteiger partial charge is 0.269 e. The number of nitro groups is 1. The number of nitrogens with zero attached hydrogens (tertiary/aromatic N) is 3. The van der Waals surface area contributed by atoms with E-state index in [1.54, 1.807) is 24.1 Å². The molecule has 37 heavy (non-hydrogen) atoms. The van der Waals surface area contributed by atoms with Gasteiger partial charge in [-0.25, -0.2) is 4.99 Å². The quantitative estimate of drug-likeness (QED) is 0.116. The summed E-state index contributed by atoms with van der Waals surface area (Å²) in [5.74, 6) is 0.531. The van der Waals surface area contributed by atoms with Crippen molar-refractivity contribution in [1.82, 2.24) is 4.90 Å². The zero-order chi connectivity index (χ0) is 26.2. The van der Waals surface area contributed by atoms with Crippen molar-refractivity contribution < 1.29 is 19.2 Å². The van der Waals surface area contributed by atoms with Crippen LogP contribution in [-0.4, -0.2) is 41.2 Å². The number of benzene rings is 3. The normalized spacial score (nSPS) is 15.5. The molecule has 8 nitrogen and oxygen atoms in total. The average Bonchev–Trinajstić information content (AvgIpc) is 3.18. The third kappa shape index (κ3) is 7.06. The van der Waals surface area contributed by atoms with Crippen LogP contribution in [-0.2, 0) is 16.1 Å². The lowest BCUT2D eigenvalue weighted by Gasteiger charge is -2.15. The fourth-order valence-electron chi connectivity index (χ4n) is 3.52. The molecule has 3 aromatic carbocycles. The highest BCUT2D eigenvalue weighted by atomic mass is 79.9. The molecule has 0 atom stereocenters. The number of hydrogen-bond donors (Lipinski definition) is 0. The minimum atomic E-state index is -0.433. The summed E-state index contributed by atoms with van der Waals surface area (Å²) in [7, 11) is 1.64. The van der Waals surface area contributed by atoms with Crippen LogP contribution >= 0.6 is 27.7 Å². The molecule has 1 amide bonds. The van der Waals surface area contributed by atoms with Gasteiger partial charge in [0.15, 0.2) is 5.17 Å². The highest BCUT2D eigenvalue weighted by molar-refractivity contribution is 9.10. The maximum atomic E-state index is 13.2. The van der Waals surface area contributed by atoms with Crippen LogP contribution in [0.3, 0.4) is 0 Å². The van der Waals surface area contributed by atoms with Gasteiger partial charge in [0.25, 0.3) is 11.6 Å². The molecule has 1 heterocycles. The van der Waals surface area contributed by atoms with Gasteiger partial charge in [-0.05, 0) is 87.7 Å². The minimum absolute atomic E-state index is 0.0379. The summed E-state index contributed by atoms with van der Waals surface area (Å²) in [5, 5.41) is 11.5. The molecule has 0 unspecified atom stereocenters. The molecule has 1 aliphatic rings. The van der Waals surface area contributed by atoms with Crippen molar-refractivity contribution in [3.8, 4) is 5.75 Å². The Hall–Kier alpha value is -3.47. The SMILES string of the molecule is COCCCN1C(=O)/C(=C/c2ccc(OCc3ccc([N+](=O)[O-])cc3)c(Br)c2)SC1=Nc1ccccc1. The number of para-hydroxylation sites is 1. The molecule has 0 N–H and O–H groups in total. The fraction of sp³-hybridized carbons (Fsp3) is 0.185. The Morgan fingerprint density at radius 2 is 1.86 bits per heavy atom. The number of amides is 1. The maximum absolute atomic E-state index is 13.2. The molecule has 4 rings (SSSR count). The third-order valence-corrected chi connectivity index (χ3v) is 7.02. The third-order valence-electron chi connectivity index (χ3n) is 5.39. The summed E-state index contributed by atoms with van der Waals surface area (Å²) in [6.45, 7) is 1.34. The second-order valence-corrected chi connectivity index (χ2v) is 9.91. The minimum Gasteiger partial charge on any atom is -0.488 e. The number of carbonyl (C=O) groups excluding carboxylic acids is 1. The summed E-state index contributed by atoms with van der Waals surface area (Å²) < 4.78 is 11.8. The van der Waals surface area contributed by atoms with Crippen LogP contribution in [0.5, 0.6) is 5.75 Å². The van der Waals surface area contributed by atoms with Crippen LogP contribution in [0.25, 0.3) is 6.08 Å². The number of methoxy groups -OCH3 is 1. The molecule has 190 valence electrons. The van der Waals surface area contributed by atoms with Gasteiger partial charge in [0.2, 0.25) is 0 Å². The summed E-state index contributed by atoms with van der Waals surface area (Å²) in [6, 6.07) is 21.4. The van der Waals surface area contributed by atoms with Crippen molar-refractivity contribution in [2.75, 3.05) is 20.3 Å². The summed E-state index contributed by atoms with van der Waals surface area (Å²) in [6.07, 6.45) is 2.55. The first-order valence-electron chi connectivity index (χ1n) is 11.4. The molecule has 10 heteroatoms. The standard InChI is InChI=1S/C27H24BrN3O5S/c1-35-15-5-14-30-26(32)25(37-27(30)29-21-6-3-2-4-7-21)17-20-10-13-24(23(28)16-20)36-18-19-8-11-22(12-9-19)31(33)34/h2-4,6-13,16-17H,5,14-15,18H2,1H3/b25-17-,29-27?. The van der Waals surface area contributed by atoms with E-state index >= 15 is 0 Å². The zero-order valence-corrected chi connectivity index (χ0v) is 22.4. The fourth-order valence-corrected chi connectivity index (χ4v) is 5.05. The van der Waals surface area contributed by atoms with Crippen molar-refractivity contribution in [3.63, 3.8) is 0 Å². The molecule has 1 fully saturated rings. The molecule has 0 aromatic heterocycles. The van der Waals surface area contributed by atoms with E-state index in [4.69, 9.17) is 14.5 Å². The lowest BCUT2D eigenvalue weighted by atomic mass is 10.2. The number of nitro benzene ring substituents is 1. The number of hydrogen-bond acceptors (Lipinski definition) is 7. The van der Waals surface area contributed by atoms with Crippen LogP contribution < -0.4 is 4.74 Å². The van der Waals surface area contributed by atoms with Crippen LogP contribution in [0.15, 0.2) is 87.2 Å². The summed E-state index contributed by atoms with van der Waals surface area (Å²) in [5.41, 5.74) is 2.47. The van der Waals surface area contributed by atoms with E-state index in [1.807, 2.05) is 54.6 Å². The van der Waals surface area contributed by atoms with Gasteiger partial charge in [-0.15, -0.1) is 0 Å². The molecule has 0 bridgehead atoms. The van der Waals surface area contributed by atoms with Gasteiger partial charge in [-0.3, -0.25) is 19.8 Å². The first-order chi connectivity index (χ1) is 17.9. The molecule has 3 aromatic rings. The zero-order valence-electron chi connectivity index (χ0n) is 20.0. The van der Waals surface area contributed by atoms with Crippen molar-refractivity contribution in [2.24, 2.45) is 4.99 Å². The van der Waals surface area contributed by atoms with Gasteiger partial charge in [0, 0.05) is 32.4 Å². The van der Waals surface area contributed by atoms with Gasteiger partial charge in [-0.1, -0.05) is 24.3 Å². The van der Waals surface area contributed by atoms with E-state index in [9.17, 15) is 14.9 Å². The van der Waals surface area contributed by atoms with Gasteiger partial charge in [-0.2, -0.15) is 0 Å². The van der Waals surface area contributed by atoms with E-state index < -0.39 is 4.92 Å². The van der Waals surface area contributed by atoms with Gasteiger partial charge < -0.3 is 9.47 Å². The largest absolute Gasteiger partial charge is 0.488 e. The highest BCUT2D eigenvalue weighted by Gasteiger charge is 2.33. The topological polar surface area (TPSA) is 94.3 Å². The number of ether oxygens (including phenoxy) is 2. The Kier molecular flexibility index (Phi) is 9.10. The number of thioether (sulfide) groups is 1. The second kappa shape index (κ2) is 12.7. The maximum Gasteiger partial charge on any atom is 0.269 e. The monoisotopic (exact) mass is 581 g/mol. The van der Waals surface area contributed by atoms with Gasteiger partial charge >= 0.3 is 0 Å². The first kappa shape index (κ1) is 26.6. The van der Waals surface area contributed by atoms with Crippen molar-refractivity contribution in [3.05, 3.63) is 103 Å². The molecular weight excluding hydrogens is 558 g/mol. The first-order valence-corrected chi connectivity index (χ1v) is 13.1. The Balaban J connectivity index is 1.49. The number of rotatable bonds is 10. The van der Waals surface area contributed by atoms with Crippen LogP contribution in [0.2, 0.25) is 0 Å². The number of halogens is 1. The molecule has 1 saturated heterocycles. The van der Waals surface area contributed by atoms with Crippen molar-refractivity contribution >= 4 is 56.2 Å². The van der Waals surface area contributed by atoms with E-state index in [0.29, 0.717) is 35.4 Å². The Morgan fingerprint density at radius 3 is 2.54 bits per heavy atom. The van der Waals surface area contributed by atoms with E-state index in [-0.39, 0.29) is 18.2 Å². The molecular formula is C27H24BrN3O5S. The molecule has 1 aliphatic heterocycles. The van der Waals surface area contributed by atoms with Crippen molar-refractivity contribution in [1.29, 1.82) is 0 Å². The predicted molar refractivity (Wildman–Crippen MR) is 149 cm³/mol. The highest BCUT2D eigenvalue weighted by Crippen LogP contribution is 2.35. The number of aliphatic imine (C=N–C) groups is 1. The second-order valence-electron chi connectivity index (χ2n) is 8.05. The molecule has 0 radical (unpaired) electrons. The van der Waals surface area contributed by atoms with Crippen LogP contribution in [0.4, 0.5) is 11.4 Å². The van der Waals surface area contributed by atoms with Crippen LogP contribution in [0, 0.1) is 10.1 Å². The summed E-state index contributed by atoms with van der Waals surface area (Å²) in [4.78, 5) is 30.6. The lowest BCUT2D eigenvalue weighted by Crippen LogP contribution is -2.30. The molecule has 0 aliphatic carbocycles. The summed E-state index contributed by atoms with van der Waals surface area (Å²) >= 11 is 4.89. The van der Waals surface area contributed by atoms with Crippen molar-refractivity contribution in [2.45, 2.75) is 13.0 Å². The number of non-ortho nitro benzene ring substituents is 1. The molecule has 0 saturated carbocycles. The number of carbonyl (C=O) groups is 1. The Morgan fingerprint density at radius 1 is 1.11 bits per heavy atom. The Bertz CT molecular complexity index is 1330. The Labute approximate surface area is 227 Å². The average molecular weight is 582 g/mol. The van der Waals surface area contributed by atoms with E-state index in [0.717, 1.165) is 21.3 Å². The molecule has 0 spiro atoms. The van der Waals surface area contributed by atoms with Crippen LogP contribution in [0.1, 0.15) is 17.5 Å². The predicted octanol–water partition coefficient (Wildman–Crippen LogP) is 6.58. The van der Waals surface area contributed by atoms with Gasteiger partial charge in [0.05, 0.1) is 20.0 Å². The number of amidine groups is 1. The lowest BCUT2D eigenvalue weighted by molar-refractivity contribution is -0.384. The van der Waals surface area contributed by atoms with E-state index in [1.165, 1.54) is 23.9 Å². The van der Waals surface area contributed by atoms with Gasteiger partial charge in [0.1, 0.15) is 12.4 Å². The van der Waals surface area contributed by atoms with E-state index in [2.05, 4.69) is 15.9 Å².